The molecule has 1 aromatic heterocycles. The summed E-state index contributed by atoms with van der Waals surface area (Å²) in [7, 11) is -7.82. The number of hydrogen-bond acceptors (Lipinski definition) is 6. The van der Waals surface area contributed by atoms with Gasteiger partial charge in [0.1, 0.15) is 0 Å². The molecular weight excluding hydrogens is 460 g/mol. The van der Waals surface area contributed by atoms with E-state index < -0.39 is 20.0 Å². The number of aryl methyl sites for hydroxylation is 2. The molecule has 2 aromatic carbocycles. The molecule has 0 unspecified atom stereocenters. The van der Waals surface area contributed by atoms with E-state index in [-0.39, 0.29) is 21.4 Å². The monoisotopic (exact) mass is 488 g/mol. The second-order valence-electron chi connectivity index (χ2n) is 8.16. The lowest BCUT2D eigenvalue weighted by atomic mass is 9.95. The van der Waals surface area contributed by atoms with Crippen LogP contribution in [0.25, 0.3) is 0 Å². The molecule has 176 valence electrons. The normalized spacial score (nSPS) is 12.0. The molecule has 10 heteroatoms. The maximum absolute atomic E-state index is 13.2. The number of benzene rings is 2. The Kier molecular flexibility index (Phi) is 6.54. The second-order valence-corrected chi connectivity index (χ2v) is 11.5. The first-order valence-electron chi connectivity index (χ1n) is 10.3. The number of rotatable bonds is 6. The van der Waals surface area contributed by atoms with Gasteiger partial charge in [0.05, 0.1) is 9.79 Å². The van der Waals surface area contributed by atoms with Gasteiger partial charge in [-0.1, -0.05) is 0 Å². The van der Waals surface area contributed by atoms with Crippen molar-refractivity contribution in [2.75, 3.05) is 9.44 Å². The van der Waals surface area contributed by atoms with Crippen molar-refractivity contribution in [3.63, 3.8) is 0 Å². The maximum Gasteiger partial charge on any atom is 0.264 e. The maximum atomic E-state index is 13.2. The van der Waals surface area contributed by atoms with Gasteiger partial charge < -0.3 is 0 Å². The molecule has 0 saturated heterocycles. The summed E-state index contributed by atoms with van der Waals surface area (Å²) in [5.41, 5.74) is 5.85. The fraction of sp³-hybridized carbons (Fsp3) is 0.304. The van der Waals surface area contributed by atoms with Gasteiger partial charge >= 0.3 is 0 Å². The first-order chi connectivity index (χ1) is 15.2. The van der Waals surface area contributed by atoms with Crippen LogP contribution >= 0.6 is 0 Å². The third-order valence-corrected chi connectivity index (χ3v) is 8.82. The van der Waals surface area contributed by atoms with Crippen molar-refractivity contribution in [3.8, 4) is 0 Å². The third kappa shape index (κ3) is 5.01. The zero-order valence-corrected chi connectivity index (χ0v) is 21.4. The first kappa shape index (κ1) is 24.7. The summed E-state index contributed by atoms with van der Waals surface area (Å²) in [4.78, 5) is 8.38. The molecule has 8 nitrogen and oxygen atoms in total. The minimum absolute atomic E-state index is 0.0201. The van der Waals surface area contributed by atoms with Crippen LogP contribution < -0.4 is 9.44 Å². The number of hydrogen-bond donors (Lipinski definition) is 2. The second kappa shape index (κ2) is 8.75. The zero-order valence-electron chi connectivity index (χ0n) is 19.7. The number of nitrogens with zero attached hydrogens (tertiary/aromatic N) is 2. The summed E-state index contributed by atoms with van der Waals surface area (Å²) >= 11 is 0. The summed E-state index contributed by atoms with van der Waals surface area (Å²) in [5.74, 6) is -0.0201. The van der Waals surface area contributed by atoms with Crippen LogP contribution in [0.5, 0.6) is 0 Å². The SMILES string of the molecule is Cc1cc(C)nc(NS(=O)(=O)c2ccc(NS(=O)(=O)c3c(C)c(C)c(C)c(C)c3C)cc2)n1. The van der Waals surface area contributed by atoms with Crippen LogP contribution in [0.3, 0.4) is 0 Å². The molecule has 0 aliphatic heterocycles. The lowest BCUT2D eigenvalue weighted by Crippen LogP contribution is -2.18. The number of sulfonamides is 2. The molecule has 2 N–H and O–H groups in total. The topological polar surface area (TPSA) is 118 Å². The molecule has 0 saturated carbocycles. The minimum Gasteiger partial charge on any atom is -0.280 e. The minimum atomic E-state index is -3.94. The van der Waals surface area contributed by atoms with Crippen LogP contribution in [0.2, 0.25) is 0 Å². The Morgan fingerprint density at radius 2 is 1.06 bits per heavy atom. The van der Waals surface area contributed by atoms with Gasteiger partial charge in [0.25, 0.3) is 20.0 Å². The van der Waals surface area contributed by atoms with Crippen molar-refractivity contribution in [3.05, 3.63) is 69.5 Å². The number of anilines is 2. The molecule has 0 atom stereocenters. The van der Waals surface area contributed by atoms with Crippen LogP contribution in [0.1, 0.15) is 39.2 Å². The molecule has 1 heterocycles. The smallest absolute Gasteiger partial charge is 0.264 e. The van der Waals surface area contributed by atoms with Crippen molar-refractivity contribution < 1.29 is 16.8 Å². The van der Waals surface area contributed by atoms with Gasteiger partial charge in [-0.05, 0) is 107 Å². The average molecular weight is 489 g/mol. The van der Waals surface area contributed by atoms with E-state index in [1.165, 1.54) is 24.3 Å². The molecule has 0 fully saturated rings. The molecule has 0 aliphatic carbocycles. The van der Waals surface area contributed by atoms with Crippen molar-refractivity contribution in [2.24, 2.45) is 0 Å². The highest BCUT2D eigenvalue weighted by molar-refractivity contribution is 7.93. The molecule has 3 aromatic rings. The standard InChI is InChI=1S/C23H28N4O4S2/c1-13-12-14(2)25-23(24-13)27-32(28,29)21-10-8-20(9-11-21)26-33(30,31)22-18(6)16(4)15(3)17(5)19(22)7/h8-12,26H,1-7H3,(H,24,25,27). The van der Waals surface area contributed by atoms with E-state index in [1.807, 2.05) is 20.8 Å². The summed E-state index contributed by atoms with van der Waals surface area (Å²) in [6.07, 6.45) is 0. The Bertz CT molecular complexity index is 1400. The average Bonchev–Trinajstić information content (AvgIpc) is 2.69. The van der Waals surface area contributed by atoms with Crippen molar-refractivity contribution in [1.82, 2.24) is 9.97 Å². The molecule has 0 radical (unpaired) electrons. The molecule has 0 spiro atoms. The van der Waals surface area contributed by atoms with Gasteiger partial charge in [-0.25, -0.2) is 31.5 Å². The van der Waals surface area contributed by atoms with E-state index in [2.05, 4.69) is 19.4 Å². The highest BCUT2D eigenvalue weighted by Crippen LogP contribution is 2.31. The molecule has 0 bridgehead atoms. The van der Waals surface area contributed by atoms with Gasteiger partial charge in [-0.15, -0.1) is 0 Å². The zero-order chi connectivity index (χ0) is 24.7. The van der Waals surface area contributed by atoms with Crippen molar-refractivity contribution in [2.45, 2.75) is 58.3 Å². The summed E-state index contributed by atoms with van der Waals surface area (Å²) in [6.45, 7) is 12.9. The van der Waals surface area contributed by atoms with E-state index in [0.29, 0.717) is 22.5 Å². The predicted molar refractivity (Wildman–Crippen MR) is 130 cm³/mol. The predicted octanol–water partition coefficient (Wildman–Crippen LogP) is 4.24. The Morgan fingerprint density at radius 3 is 1.55 bits per heavy atom. The third-order valence-electron chi connectivity index (χ3n) is 5.82. The summed E-state index contributed by atoms with van der Waals surface area (Å²) in [5, 5.41) is 0. The fourth-order valence-electron chi connectivity index (χ4n) is 3.73. The lowest BCUT2D eigenvalue weighted by molar-refractivity contribution is 0.599. The van der Waals surface area contributed by atoms with E-state index in [9.17, 15) is 16.8 Å². The fourth-order valence-corrected chi connectivity index (χ4v) is 6.33. The van der Waals surface area contributed by atoms with Crippen molar-refractivity contribution in [1.29, 1.82) is 0 Å². The first-order valence-corrected chi connectivity index (χ1v) is 13.2. The quantitative estimate of drug-likeness (QED) is 0.536. The van der Waals surface area contributed by atoms with Gasteiger partial charge in [0, 0.05) is 17.1 Å². The van der Waals surface area contributed by atoms with Gasteiger partial charge in [-0.3, -0.25) is 4.72 Å². The van der Waals surface area contributed by atoms with Crippen LogP contribution in [0.15, 0.2) is 40.1 Å². The van der Waals surface area contributed by atoms with Crippen molar-refractivity contribution >= 4 is 31.7 Å². The molecular formula is C23H28N4O4S2. The van der Waals surface area contributed by atoms with E-state index >= 15 is 0 Å². The summed E-state index contributed by atoms with van der Waals surface area (Å²) < 4.78 is 56.7. The molecule has 0 aliphatic rings. The van der Waals surface area contributed by atoms with E-state index in [1.54, 1.807) is 33.8 Å². The Labute approximate surface area is 195 Å². The number of nitrogens with one attached hydrogen (secondary N) is 2. The Hall–Kier alpha value is -2.98. The Morgan fingerprint density at radius 1 is 0.606 bits per heavy atom. The molecule has 3 rings (SSSR count). The lowest BCUT2D eigenvalue weighted by Gasteiger charge is -2.19. The van der Waals surface area contributed by atoms with Gasteiger partial charge in [0.2, 0.25) is 5.95 Å². The van der Waals surface area contributed by atoms with Crippen LogP contribution in [0.4, 0.5) is 11.6 Å². The Balaban J connectivity index is 1.89. The largest absolute Gasteiger partial charge is 0.280 e. The number of aromatic nitrogens is 2. The summed E-state index contributed by atoms with van der Waals surface area (Å²) in [6, 6.07) is 7.21. The van der Waals surface area contributed by atoms with Gasteiger partial charge in [-0.2, -0.15) is 0 Å². The van der Waals surface area contributed by atoms with E-state index in [4.69, 9.17) is 0 Å². The van der Waals surface area contributed by atoms with Crippen LogP contribution in [-0.4, -0.2) is 26.8 Å². The van der Waals surface area contributed by atoms with Crippen LogP contribution in [0, 0.1) is 48.5 Å². The molecule has 33 heavy (non-hydrogen) atoms. The highest BCUT2D eigenvalue weighted by Gasteiger charge is 2.24. The van der Waals surface area contributed by atoms with Crippen LogP contribution in [-0.2, 0) is 20.0 Å². The molecule has 0 amide bonds. The van der Waals surface area contributed by atoms with Gasteiger partial charge in [0.15, 0.2) is 0 Å². The highest BCUT2D eigenvalue weighted by atomic mass is 32.2. The van der Waals surface area contributed by atoms with E-state index in [0.717, 1.165) is 16.7 Å².